The lowest BCUT2D eigenvalue weighted by molar-refractivity contribution is -0.121. The number of carbonyl (C=O) groups excluding carboxylic acids is 1. The lowest BCUT2D eigenvalue weighted by Gasteiger charge is -2.15. The highest BCUT2D eigenvalue weighted by Gasteiger charge is 2.14. The average Bonchev–Trinajstić information content (AvgIpc) is 2.45. The van der Waals surface area contributed by atoms with Gasteiger partial charge in [0.1, 0.15) is 5.82 Å². The molecule has 0 bridgehead atoms. The van der Waals surface area contributed by atoms with Crippen LogP contribution in [0.15, 0.2) is 29.2 Å². The van der Waals surface area contributed by atoms with E-state index in [0.717, 1.165) is 25.0 Å². The first-order chi connectivity index (χ1) is 10.7. The second kappa shape index (κ2) is 8.98. The van der Waals surface area contributed by atoms with Crippen LogP contribution in [0.25, 0.3) is 0 Å². The van der Waals surface area contributed by atoms with Crippen LogP contribution < -0.4 is 10.0 Å². The molecule has 0 spiro atoms. The van der Waals surface area contributed by atoms with E-state index in [1.807, 2.05) is 6.92 Å². The summed E-state index contributed by atoms with van der Waals surface area (Å²) >= 11 is 0. The molecule has 0 heterocycles. The molecule has 0 aromatic heterocycles. The van der Waals surface area contributed by atoms with Gasteiger partial charge in [0.2, 0.25) is 15.9 Å². The Balaban J connectivity index is 2.38. The topological polar surface area (TPSA) is 75.3 Å². The molecule has 1 aromatic carbocycles. The zero-order chi connectivity index (χ0) is 17.5. The van der Waals surface area contributed by atoms with E-state index in [0.29, 0.717) is 5.92 Å². The first-order valence-corrected chi connectivity index (χ1v) is 9.23. The van der Waals surface area contributed by atoms with E-state index in [4.69, 9.17) is 0 Å². The van der Waals surface area contributed by atoms with Crippen molar-refractivity contribution in [2.45, 2.75) is 51.0 Å². The Hall–Kier alpha value is -1.47. The van der Waals surface area contributed by atoms with Crippen LogP contribution in [-0.2, 0) is 14.8 Å². The van der Waals surface area contributed by atoms with Gasteiger partial charge in [0.25, 0.3) is 0 Å². The summed E-state index contributed by atoms with van der Waals surface area (Å²) in [5.74, 6) is -0.112. The number of sulfonamides is 1. The molecule has 130 valence electrons. The lowest BCUT2D eigenvalue weighted by Crippen LogP contribution is -2.35. The quantitative estimate of drug-likeness (QED) is 0.722. The minimum Gasteiger partial charge on any atom is -0.354 e. The fourth-order valence-corrected chi connectivity index (χ4v) is 3.03. The second-order valence-electron chi connectivity index (χ2n) is 6.04. The van der Waals surface area contributed by atoms with Crippen molar-refractivity contribution in [3.8, 4) is 0 Å². The van der Waals surface area contributed by atoms with Gasteiger partial charge in [-0.3, -0.25) is 4.79 Å². The highest BCUT2D eigenvalue weighted by atomic mass is 32.2. The third-order valence-corrected chi connectivity index (χ3v) is 4.83. The summed E-state index contributed by atoms with van der Waals surface area (Å²) in [4.78, 5) is 11.7. The summed E-state index contributed by atoms with van der Waals surface area (Å²) in [6.45, 7) is 6.18. The summed E-state index contributed by atoms with van der Waals surface area (Å²) in [6.07, 6.45) is 1.98. The van der Waals surface area contributed by atoms with Crippen LogP contribution in [0.2, 0.25) is 0 Å². The number of halogens is 1. The Morgan fingerprint density at radius 1 is 1.13 bits per heavy atom. The monoisotopic (exact) mass is 344 g/mol. The second-order valence-corrected chi connectivity index (χ2v) is 7.81. The number of hydrogen-bond acceptors (Lipinski definition) is 3. The molecular weight excluding hydrogens is 319 g/mol. The van der Waals surface area contributed by atoms with Crippen LogP contribution in [0.1, 0.15) is 40.0 Å². The first-order valence-electron chi connectivity index (χ1n) is 7.75. The largest absolute Gasteiger partial charge is 0.354 e. The molecular formula is C16H25FN2O3S. The molecule has 1 amide bonds. The molecule has 0 aliphatic rings. The van der Waals surface area contributed by atoms with E-state index in [2.05, 4.69) is 23.9 Å². The van der Waals surface area contributed by atoms with Gasteiger partial charge in [0.05, 0.1) is 4.90 Å². The number of amides is 1. The molecule has 2 N–H and O–H groups in total. The van der Waals surface area contributed by atoms with Gasteiger partial charge in [0.15, 0.2) is 0 Å². The van der Waals surface area contributed by atoms with Crippen molar-refractivity contribution in [3.63, 3.8) is 0 Å². The van der Waals surface area contributed by atoms with E-state index >= 15 is 0 Å². The van der Waals surface area contributed by atoms with Crippen molar-refractivity contribution in [1.29, 1.82) is 0 Å². The zero-order valence-corrected chi connectivity index (χ0v) is 14.6. The maximum absolute atomic E-state index is 12.8. The molecule has 1 unspecified atom stereocenters. The van der Waals surface area contributed by atoms with Crippen LogP contribution in [0, 0.1) is 11.7 Å². The maximum atomic E-state index is 12.8. The summed E-state index contributed by atoms with van der Waals surface area (Å²) in [7, 11) is -3.72. The fourth-order valence-electron chi connectivity index (χ4n) is 2.00. The Bertz CT molecular complexity index is 600. The Morgan fingerprint density at radius 2 is 1.74 bits per heavy atom. The smallest absolute Gasteiger partial charge is 0.240 e. The van der Waals surface area contributed by atoms with Gasteiger partial charge in [-0.1, -0.05) is 13.8 Å². The molecule has 1 rings (SSSR count). The Morgan fingerprint density at radius 3 is 2.30 bits per heavy atom. The van der Waals surface area contributed by atoms with Crippen molar-refractivity contribution < 1.29 is 17.6 Å². The van der Waals surface area contributed by atoms with Crippen LogP contribution >= 0.6 is 0 Å². The van der Waals surface area contributed by atoms with Gasteiger partial charge in [0, 0.05) is 19.0 Å². The van der Waals surface area contributed by atoms with Crippen LogP contribution in [-0.4, -0.2) is 26.9 Å². The van der Waals surface area contributed by atoms with Crippen molar-refractivity contribution in [2.24, 2.45) is 5.92 Å². The predicted molar refractivity (Wildman–Crippen MR) is 87.9 cm³/mol. The SMILES string of the molecule is CC(C)CCC(C)NC(=O)CCNS(=O)(=O)c1ccc(F)cc1. The van der Waals surface area contributed by atoms with Gasteiger partial charge in [-0.2, -0.15) is 0 Å². The number of hydrogen-bond donors (Lipinski definition) is 2. The van der Waals surface area contributed by atoms with Gasteiger partial charge in [-0.15, -0.1) is 0 Å². The molecule has 0 radical (unpaired) electrons. The molecule has 0 aliphatic carbocycles. The average molecular weight is 344 g/mol. The van der Waals surface area contributed by atoms with Gasteiger partial charge in [-0.05, 0) is 49.9 Å². The molecule has 0 saturated carbocycles. The Kier molecular flexibility index (Phi) is 7.64. The Labute approximate surface area is 137 Å². The standard InChI is InChI=1S/C16H25FN2O3S/c1-12(2)4-5-13(3)19-16(20)10-11-18-23(21,22)15-8-6-14(17)7-9-15/h6-9,12-13,18H,4-5,10-11H2,1-3H3,(H,19,20). The van der Waals surface area contributed by atoms with E-state index in [-0.39, 0.29) is 29.8 Å². The van der Waals surface area contributed by atoms with Crippen molar-refractivity contribution >= 4 is 15.9 Å². The van der Waals surface area contributed by atoms with Crippen LogP contribution in [0.4, 0.5) is 4.39 Å². The maximum Gasteiger partial charge on any atom is 0.240 e. The van der Waals surface area contributed by atoms with Gasteiger partial charge < -0.3 is 5.32 Å². The first kappa shape index (κ1) is 19.6. The number of rotatable bonds is 9. The van der Waals surface area contributed by atoms with Crippen LogP contribution in [0.5, 0.6) is 0 Å². The zero-order valence-electron chi connectivity index (χ0n) is 13.8. The summed E-state index contributed by atoms with van der Waals surface area (Å²) in [6, 6.07) is 4.60. The van der Waals surface area contributed by atoms with Crippen molar-refractivity contribution in [2.75, 3.05) is 6.54 Å². The molecule has 0 fully saturated rings. The number of carbonyl (C=O) groups is 1. The van der Waals surface area contributed by atoms with E-state index in [1.54, 1.807) is 0 Å². The predicted octanol–water partition coefficient (Wildman–Crippen LogP) is 2.44. The van der Waals surface area contributed by atoms with Gasteiger partial charge in [-0.25, -0.2) is 17.5 Å². The number of benzene rings is 1. The highest BCUT2D eigenvalue weighted by molar-refractivity contribution is 7.89. The molecule has 7 heteroatoms. The summed E-state index contributed by atoms with van der Waals surface area (Å²) < 4.78 is 39.1. The van der Waals surface area contributed by atoms with Crippen LogP contribution in [0.3, 0.4) is 0 Å². The molecule has 1 aromatic rings. The van der Waals surface area contributed by atoms with E-state index in [1.165, 1.54) is 12.1 Å². The molecule has 0 aliphatic heterocycles. The third kappa shape index (κ3) is 7.56. The van der Waals surface area contributed by atoms with Crippen molar-refractivity contribution in [3.05, 3.63) is 30.1 Å². The molecule has 0 saturated heterocycles. The van der Waals surface area contributed by atoms with Crippen molar-refractivity contribution in [1.82, 2.24) is 10.0 Å². The molecule has 23 heavy (non-hydrogen) atoms. The lowest BCUT2D eigenvalue weighted by atomic mass is 10.0. The highest BCUT2D eigenvalue weighted by Crippen LogP contribution is 2.09. The summed E-state index contributed by atoms with van der Waals surface area (Å²) in [5.41, 5.74) is 0. The summed E-state index contributed by atoms with van der Waals surface area (Å²) in [5, 5.41) is 2.85. The molecule has 5 nitrogen and oxygen atoms in total. The van der Waals surface area contributed by atoms with Gasteiger partial charge >= 0.3 is 0 Å². The third-order valence-electron chi connectivity index (χ3n) is 3.35. The molecule has 1 atom stereocenters. The van der Waals surface area contributed by atoms with E-state index < -0.39 is 15.8 Å². The minimum atomic E-state index is -3.72. The van der Waals surface area contributed by atoms with E-state index in [9.17, 15) is 17.6 Å². The number of nitrogens with one attached hydrogen (secondary N) is 2. The fraction of sp³-hybridized carbons (Fsp3) is 0.562. The minimum absolute atomic E-state index is 0.00242. The normalized spacial score (nSPS) is 13.1.